The second-order valence-electron chi connectivity index (χ2n) is 8.22. The molecule has 28 heavy (non-hydrogen) atoms. The van der Waals surface area contributed by atoms with Crippen LogP contribution in [-0.4, -0.2) is 22.1 Å². The number of fused-ring (bicyclic) bond motifs is 1. The molecule has 1 heterocycles. The number of hydrogen-bond donors (Lipinski definition) is 1. The third-order valence-corrected chi connectivity index (χ3v) is 4.74. The molecule has 1 amide bonds. The summed E-state index contributed by atoms with van der Waals surface area (Å²) in [6.07, 6.45) is 0. The van der Waals surface area contributed by atoms with Gasteiger partial charge in [0.1, 0.15) is 18.2 Å². The number of carbonyl (C=O) groups is 1. The highest BCUT2D eigenvalue weighted by Gasteiger charge is 2.21. The van der Waals surface area contributed by atoms with Crippen molar-refractivity contribution in [2.75, 3.05) is 6.61 Å². The Morgan fingerprint density at radius 3 is 2.64 bits per heavy atom. The van der Waals surface area contributed by atoms with E-state index in [1.807, 2.05) is 39.0 Å². The minimum absolute atomic E-state index is 0.0118. The Kier molecular flexibility index (Phi) is 5.73. The Morgan fingerprint density at radius 2 is 1.89 bits per heavy atom. The highest BCUT2D eigenvalue weighted by molar-refractivity contribution is 5.81. The van der Waals surface area contributed by atoms with Gasteiger partial charge in [0, 0.05) is 5.41 Å². The van der Waals surface area contributed by atoms with Crippen molar-refractivity contribution in [2.24, 2.45) is 5.41 Å². The fraction of sp³-hybridized carbons (Fsp3) is 0.391. The molecular formula is C23H29N3O2. The lowest BCUT2D eigenvalue weighted by atomic mass is 9.96. The first-order chi connectivity index (χ1) is 13.3. The number of amides is 1. The molecule has 0 fully saturated rings. The van der Waals surface area contributed by atoms with E-state index in [9.17, 15) is 4.79 Å². The standard InChI is InChI=1S/C23H29N3O2/c1-16-10-11-17(2)20(14-16)28-13-12-26-19-9-7-6-8-18(19)25-21(26)15-24-22(27)23(3,4)5/h6-11,14H,12-13,15H2,1-5H3,(H,24,27). The Labute approximate surface area is 166 Å². The monoisotopic (exact) mass is 379 g/mol. The number of imidazole rings is 1. The summed E-state index contributed by atoms with van der Waals surface area (Å²) in [6, 6.07) is 14.2. The van der Waals surface area contributed by atoms with Crippen molar-refractivity contribution in [1.29, 1.82) is 0 Å². The number of ether oxygens (including phenoxy) is 1. The van der Waals surface area contributed by atoms with Gasteiger partial charge in [-0.2, -0.15) is 0 Å². The molecule has 3 rings (SSSR count). The van der Waals surface area contributed by atoms with E-state index in [1.165, 1.54) is 5.56 Å². The SMILES string of the molecule is Cc1ccc(C)c(OCCn2c(CNC(=O)C(C)(C)C)nc3ccccc32)c1. The fourth-order valence-electron chi connectivity index (χ4n) is 3.04. The quantitative estimate of drug-likeness (QED) is 0.691. The molecule has 3 aromatic rings. The number of nitrogens with zero attached hydrogens (tertiary/aromatic N) is 2. The van der Waals surface area contributed by atoms with E-state index in [0.29, 0.717) is 19.7 Å². The molecule has 1 N–H and O–H groups in total. The Morgan fingerprint density at radius 1 is 1.14 bits per heavy atom. The van der Waals surface area contributed by atoms with Gasteiger partial charge in [-0.3, -0.25) is 4.79 Å². The van der Waals surface area contributed by atoms with Crippen LogP contribution in [0, 0.1) is 19.3 Å². The van der Waals surface area contributed by atoms with Crippen LogP contribution in [0.1, 0.15) is 37.7 Å². The summed E-state index contributed by atoms with van der Waals surface area (Å²) in [6.45, 7) is 11.4. The molecule has 0 bridgehead atoms. The summed E-state index contributed by atoms with van der Waals surface area (Å²) in [7, 11) is 0. The summed E-state index contributed by atoms with van der Waals surface area (Å²) >= 11 is 0. The van der Waals surface area contributed by atoms with Crippen LogP contribution < -0.4 is 10.1 Å². The van der Waals surface area contributed by atoms with Gasteiger partial charge in [-0.25, -0.2) is 4.98 Å². The normalized spacial score (nSPS) is 11.6. The van der Waals surface area contributed by atoms with Crippen molar-refractivity contribution < 1.29 is 9.53 Å². The summed E-state index contributed by atoms with van der Waals surface area (Å²) in [5, 5.41) is 3.00. The number of nitrogens with one attached hydrogen (secondary N) is 1. The number of hydrogen-bond acceptors (Lipinski definition) is 3. The number of rotatable bonds is 6. The Balaban J connectivity index is 1.77. The molecule has 1 aromatic heterocycles. The summed E-state index contributed by atoms with van der Waals surface area (Å²) in [4.78, 5) is 17.0. The van der Waals surface area contributed by atoms with Crippen LogP contribution in [0.5, 0.6) is 5.75 Å². The molecule has 0 aliphatic heterocycles. The molecule has 2 aromatic carbocycles. The first kappa shape index (κ1) is 19.9. The average molecular weight is 380 g/mol. The predicted molar refractivity (Wildman–Crippen MR) is 112 cm³/mol. The average Bonchev–Trinajstić information content (AvgIpc) is 2.99. The highest BCUT2D eigenvalue weighted by Crippen LogP contribution is 2.21. The maximum atomic E-state index is 12.3. The van der Waals surface area contributed by atoms with Gasteiger partial charge < -0.3 is 14.6 Å². The molecule has 148 valence electrons. The summed E-state index contributed by atoms with van der Waals surface area (Å²) in [5.41, 5.74) is 3.85. The van der Waals surface area contributed by atoms with Crippen LogP contribution in [0.2, 0.25) is 0 Å². The maximum absolute atomic E-state index is 12.3. The van der Waals surface area contributed by atoms with E-state index in [2.05, 4.69) is 48.0 Å². The van der Waals surface area contributed by atoms with Gasteiger partial charge in [-0.05, 0) is 43.2 Å². The van der Waals surface area contributed by atoms with Gasteiger partial charge >= 0.3 is 0 Å². The second-order valence-corrected chi connectivity index (χ2v) is 8.22. The van der Waals surface area contributed by atoms with Gasteiger partial charge in [0.15, 0.2) is 0 Å². The third kappa shape index (κ3) is 4.53. The van der Waals surface area contributed by atoms with Gasteiger partial charge in [-0.15, -0.1) is 0 Å². The second kappa shape index (κ2) is 8.05. The van der Waals surface area contributed by atoms with Crippen molar-refractivity contribution in [1.82, 2.24) is 14.9 Å². The molecular weight excluding hydrogens is 350 g/mol. The van der Waals surface area contributed by atoms with Crippen molar-refractivity contribution in [2.45, 2.75) is 47.7 Å². The first-order valence-corrected chi connectivity index (χ1v) is 9.68. The van der Waals surface area contributed by atoms with E-state index in [1.54, 1.807) is 0 Å². The number of para-hydroxylation sites is 2. The predicted octanol–water partition coefficient (Wildman–Crippen LogP) is 4.39. The lowest BCUT2D eigenvalue weighted by Gasteiger charge is -2.18. The van der Waals surface area contributed by atoms with Crippen LogP contribution in [0.4, 0.5) is 0 Å². The van der Waals surface area contributed by atoms with E-state index >= 15 is 0 Å². The van der Waals surface area contributed by atoms with Gasteiger partial charge in [0.2, 0.25) is 5.91 Å². The number of benzene rings is 2. The maximum Gasteiger partial charge on any atom is 0.225 e. The Hall–Kier alpha value is -2.82. The molecule has 0 saturated carbocycles. The first-order valence-electron chi connectivity index (χ1n) is 9.68. The summed E-state index contributed by atoms with van der Waals surface area (Å²) in [5.74, 6) is 1.76. The topological polar surface area (TPSA) is 56.1 Å². The minimum Gasteiger partial charge on any atom is -0.491 e. The zero-order chi connectivity index (χ0) is 20.3. The number of carbonyl (C=O) groups excluding carboxylic acids is 1. The van der Waals surface area contributed by atoms with E-state index in [4.69, 9.17) is 9.72 Å². The van der Waals surface area contributed by atoms with Crippen molar-refractivity contribution >= 4 is 16.9 Å². The van der Waals surface area contributed by atoms with Crippen LogP contribution in [0.15, 0.2) is 42.5 Å². The smallest absolute Gasteiger partial charge is 0.225 e. The summed E-state index contributed by atoms with van der Waals surface area (Å²) < 4.78 is 8.17. The molecule has 0 radical (unpaired) electrons. The van der Waals surface area contributed by atoms with Crippen LogP contribution in [-0.2, 0) is 17.9 Å². The Bertz CT molecular complexity index is 983. The van der Waals surface area contributed by atoms with Crippen molar-refractivity contribution in [3.63, 3.8) is 0 Å². The molecule has 0 spiro atoms. The van der Waals surface area contributed by atoms with E-state index in [-0.39, 0.29) is 5.91 Å². The number of aromatic nitrogens is 2. The lowest BCUT2D eigenvalue weighted by molar-refractivity contribution is -0.128. The molecule has 0 aliphatic carbocycles. The van der Waals surface area contributed by atoms with Gasteiger partial charge in [-0.1, -0.05) is 45.0 Å². The minimum atomic E-state index is -0.428. The zero-order valence-corrected chi connectivity index (χ0v) is 17.4. The molecule has 0 saturated heterocycles. The third-order valence-electron chi connectivity index (χ3n) is 4.74. The van der Waals surface area contributed by atoms with Gasteiger partial charge in [0.25, 0.3) is 0 Å². The van der Waals surface area contributed by atoms with Crippen molar-refractivity contribution in [3.8, 4) is 5.75 Å². The molecule has 5 nitrogen and oxygen atoms in total. The lowest BCUT2D eigenvalue weighted by Crippen LogP contribution is -2.35. The van der Waals surface area contributed by atoms with Crippen molar-refractivity contribution in [3.05, 3.63) is 59.4 Å². The largest absolute Gasteiger partial charge is 0.491 e. The van der Waals surface area contributed by atoms with Crippen LogP contribution in [0.25, 0.3) is 11.0 Å². The molecule has 0 unspecified atom stereocenters. The highest BCUT2D eigenvalue weighted by atomic mass is 16.5. The molecule has 0 atom stereocenters. The molecule has 0 aliphatic rings. The van der Waals surface area contributed by atoms with Crippen LogP contribution in [0.3, 0.4) is 0 Å². The van der Waals surface area contributed by atoms with E-state index < -0.39 is 5.41 Å². The number of aryl methyl sites for hydroxylation is 2. The zero-order valence-electron chi connectivity index (χ0n) is 17.4. The van der Waals surface area contributed by atoms with Gasteiger partial charge in [0.05, 0.1) is 24.1 Å². The fourth-order valence-corrected chi connectivity index (χ4v) is 3.04. The van der Waals surface area contributed by atoms with Crippen LogP contribution >= 0.6 is 0 Å². The molecule has 5 heteroatoms. The van der Waals surface area contributed by atoms with E-state index in [0.717, 1.165) is 28.2 Å².